The van der Waals surface area contributed by atoms with E-state index in [1.165, 1.54) is 11.8 Å². The summed E-state index contributed by atoms with van der Waals surface area (Å²) in [5.41, 5.74) is 0.738. The van der Waals surface area contributed by atoms with Gasteiger partial charge in [-0.2, -0.15) is 0 Å². The SMILES string of the molecule is COC1C(Sc2ccc(Cl)c(Cl)c2)OC2COC(c3ccccc3)OC2C1n1cc(-c2cc(F)c(Cl)c(F)c2)nn1. The van der Waals surface area contributed by atoms with E-state index in [2.05, 4.69) is 10.3 Å². The molecule has 0 N–H and O–H groups in total. The summed E-state index contributed by atoms with van der Waals surface area (Å²) in [7, 11) is 1.57. The van der Waals surface area contributed by atoms with E-state index in [1.807, 2.05) is 36.4 Å². The number of fused-ring (bicyclic) bond motifs is 1. The topological polar surface area (TPSA) is 67.6 Å². The molecule has 0 bridgehead atoms. The molecule has 0 spiro atoms. The number of benzene rings is 3. The second-order valence-corrected chi connectivity index (χ2v) is 11.8. The summed E-state index contributed by atoms with van der Waals surface area (Å²) in [6.45, 7) is 0.241. The Hall–Kier alpha value is -2.28. The molecule has 0 amide bonds. The van der Waals surface area contributed by atoms with E-state index in [4.69, 9.17) is 53.8 Å². The van der Waals surface area contributed by atoms with Crippen LogP contribution in [0.3, 0.4) is 0 Å². The van der Waals surface area contributed by atoms with Crippen LogP contribution in [-0.2, 0) is 18.9 Å². The van der Waals surface area contributed by atoms with Crippen molar-refractivity contribution in [1.82, 2.24) is 15.0 Å². The van der Waals surface area contributed by atoms with Crippen molar-refractivity contribution < 1.29 is 27.7 Å². The molecule has 1 aromatic heterocycles. The van der Waals surface area contributed by atoms with Gasteiger partial charge in [-0.1, -0.05) is 82.1 Å². The molecule has 7 nitrogen and oxygen atoms in total. The first-order chi connectivity index (χ1) is 19.8. The van der Waals surface area contributed by atoms with Crippen molar-refractivity contribution in [3.05, 3.63) is 99.1 Å². The molecule has 41 heavy (non-hydrogen) atoms. The molecule has 13 heteroatoms. The normalized spacial score (nSPS) is 26.1. The molecule has 2 saturated heterocycles. The molecule has 6 rings (SSSR count). The van der Waals surface area contributed by atoms with Crippen molar-refractivity contribution in [3.8, 4) is 11.3 Å². The lowest BCUT2D eigenvalue weighted by atomic mass is 9.95. The highest BCUT2D eigenvalue weighted by Gasteiger charge is 2.52. The number of halogens is 5. The van der Waals surface area contributed by atoms with Crippen molar-refractivity contribution >= 4 is 46.6 Å². The van der Waals surface area contributed by atoms with Crippen molar-refractivity contribution in [2.45, 2.75) is 41.0 Å². The molecular weight excluding hydrogens is 619 g/mol. The zero-order valence-corrected chi connectivity index (χ0v) is 24.4. The second kappa shape index (κ2) is 12.1. The van der Waals surface area contributed by atoms with Gasteiger partial charge in [0, 0.05) is 23.1 Å². The molecule has 0 saturated carbocycles. The number of hydrogen-bond acceptors (Lipinski definition) is 7. The number of methoxy groups -OCH3 is 1. The van der Waals surface area contributed by atoms with Crippen LogP contribution >= 0.6 is 46.6 Å². The van der Waals surface area contributed by atoms with E-state index in [0.29, 0.717) is 10.0 Å². The molecule has 3 aromatic carbocycles. The van der Waals surface area contributed by atoms with Crippen molar-refractivity contribution in [2.75, 3.05) is 13.7 Å². The lowest BCUT2D eigenvalue weighted by Gasteiger charge is -2.48. The van der Waals surface area contributed by atoms with Gasteiger partial charge in [0.05, 0.1) is 22.8 Å². The summed E-state index contributed by atoms with van der Waals surface area (Å²) >= 11 is 19.5. The summed E-state index contributed by atoms with van der Waals surface area (Å²) in [5.74, 6) is -1.79. The van der Waals surface area contributed by atoms with Crippen LogP contribution in [0.5, 0.6) is 0 Å². The number of nitrogens with zero attached hydrogens (tertiary/aromatic N) is 3. The van der Waals surface area contributed by atoms with Gasteiger partial charge in [0.25, 0.3) is 0 Å². The van der Waals surface area contributed by atoms with Crippen molar-refractivity contribution in [1.29, 1.82) is 0 Å². The Kier molecular flexibility index (Phi) is 8.54. The Bertz CT molecular complexity index is 1530. The molecule has 6 unspecified atom stereocenters. The van der Waals surface area contributed by atoms with Crippen LogP contribution in [0.1, 0.15) is 17.9 Å². The molecule has 2 aliphatic heterocycles. The van der Waals surface area contributed by atoms with Gasteiger partial charge in [-0.25, -0.2) is 13.5 Å². The van der Waals surface area contributed by atoms with Crippen molar-refractivity contribution in [2.24, 2.45) is 0 Å². The second-order valence-electron chi connectivity index (χ2n) is 9.44. The molecule has 214 valence electrons. The van der Waals surface area contributed by atoms with E-state index < -0.39 is 52.7 Å². The average molecular weight is 641 g/mol. The molecule has 2 aliphatic rings. The van der Waals surface area contributed by atoms with Crippen LogP contribution in [0, 0.1) is 11.6 Å². The molecule has 0 radical (unpaired) electrons. The van der Waals surface area contributed by atoms with Gasteiger partial charge in [0.1, 0.15) is 52.1 Å². The number of thioether (sulfide) groups is 1. The maximum Gasteiger partial charge on any atom is 0.184 e. The Labute approximate surface area is 253 Å². The van der Waals surface area contributed by atoms with Gasteiger partial charge >= 0.3 is 0 Å². The minimum absolute atomic E-state index is 0.185. The number of hydrogen-bond donors (Lipinski definition) is 0. The quantitative estimate of drug-likeness (QED) is 0.204. The monoisotopic (exact) mass is 639 g/mol. The zero-order valence-electron chi connectivity index (χ0n) is 21.3. The van der Waals surface area contributed by atoms with Crippen LogP contribution in [0.25, 0.3) is 11.3 Å². The van der Waals surface area contributed by atoms with Gasteiger partial charge in [-0.15, -0.1) is 5.10 Å². The highest BCUT2D eigenvalue weighted by atomic mass is 35.5. The molecule has 0 aliphatic carbocycles. The summed E-state index contributed by atoms with van der Waals surface area (Å²) in [6.07, 6.45) is -0.720. The molecular formula is C28H22Cl3F2N3O4S. The standard InChI is InChI=1S/C28H22Cl3F2N3O4S/c1-37-26-24(36-12-21(34-35-36)15-9-19(32)23(31)20(33)10-15)25-22(13-38-27(40-25)14-5-3-2-4-6-14)39-28(26)41-16-7-8-17(29)18(30)11-16/h2-12,22,24-28H,13H2,1H3. The summed E-state index contributed by atoms with van der Waals surface area (Å²) in [6, 6.07) is 16.5. The summed E-state index contributed by atoms with van der Waals surface area (Å²) in [5, 5.41) is 8.80. The molecule has 4 aromatic rings. The first kappa shape index (κ1) is 28.8. The Morgan fingerprint density at radius 2 is 1.73 bits per heavy atom. The fourth-order valence-corrected chi connectivity index (χ4v) is 6.61. The highest BCUT2D eigenvalue weighted by Crippen LogP contribution is 2.45. The average Bonchev–Trinajstić information content (AvgIpc) is 3.47. The predicted molar refractivity (Wildman–Crippen MR) is 151 cm³/mol. The number of rotatable bonds is 6. The van der Waals surface area contributed by atoms with E-state index >= 15 is 0 Å². The first-order valence-corrected chi connectivity index (χ1v) is 14.5. The van der Waals surface area contributed by atoms with Crippen LogP contribution in [0.4, 0.5) is 8.78 Å². The smallest absolute Gasteiger partial charge is 0.184 e. The third-order valence-corrected chi connectivity index (χ3v) is 9.13. The first-order valence-electron chi connectivity index (χ1n) is 12.5. The summed E-state index contributed by atoms with van der Waals surface area (Å²) < 4.78 is 55.0. The van der Waals surface area contributed by atoms with Crippen LogP contribution in [0.2, 0.25) is 15.1 Å². The van der Waals surface area contributed by atoms with Crippen LogP contribution in [0.15, 0.2) is 71.8 Å². The largest absolute Gasteiger partial charge is 0.375 e. The van der Waals surface area contributed by atoms with Gasteiger partial charge in [0.15, 0.2) is 6.29 Å². The van der Waals surface area contributed by atoms with E-state index in [-0.39, 0.29) is 17.9 Å². The molecule has 6 atom stereocenters. The van der Waals surface area contributed by atoms with Crippen molar-refractivity contribution in [3.63, 3.8) is 0 Å². The van der Waals surface area contributed by atoms with Gasteiger partial charge in [0.2, 0.25) is 0 Å². The Morgan fingerprint density at radius 3 is 2.44 bits per heavy atom. The third kappa shape index (κ3) is 5.85. The van der Waals surface area contributed by atoms with E-state index in [1.54, 1.807) is 30.1 Å². The number of ether oxygens (including phenoxy) is 4. The number of aromatic nitrogens is 3. The van der Waals surface area contributed by atoms with Gasteiger partial charge in [-0.05, 0) is 30.3 Å². The maximum atomic E-state index is 14.2. The lowest BCUT2D eigenvalue weighted by molar-refractivity contribution is -0.308. The van der Waals surface area contributed by atoms with E-state index in [0.717, 1.165) is 22.6 Å². The third-order valence-electron chi connectivity index (χ3n) is 6.89. The molecule has 2 fully saturated rings. The lowest BCUT2D eigenvalue weighted by Crippen LogP contribution is -2.59. The summed E-state index contributed by atoms with van der Waals surface area (Å²) in [4.78, 5) is 0.815. The predicted octanol–water partition coefficient (Wildman–Crippen LogP) is 7.37. The zero-order chi connectivity index (χ0) is 28.7. The highest BCUT2D eigenvalue weighted by molar-refractivity contribution is 7.99. The van der Waals surface area contributed by atoms with E-state index in [9.17, 15) is 8.78 Å². The minimum atomic E-state index is -0.895. The van der Waals surface area contributed by atoms with Crippen LogP contribution < -0.4 is 0 Å². The van der Waals surface area contributed by atoms with Gasteiger partial charge in [-0.3, -0.25) is 0 Å². The van der Waals surface area contributed by atoms with Crippen LogP contribution in [-0.4, -0.2) is 52.5 Å². The van der Waals surface area contributed by atoms with Gasteiger partial charge < -0.3 is 18.9 Å². The minimum Gasteiger partial charge on any atom is -0.375 e. The Balaban J connectivity index is 1.37. The fourth-order valence-electron chi connectivity index (χ4n) is 4.94. The molecule has 3 heterocycles. The maximum absolute atomic E-state index is 14.2. The fraction of sp³-hybridized carbons (Fsp3) is 0.286. The Morgan fingerprint density at radius 1 is 0.976 bits per heavy atom.